The Morgan fingerprint density at radius 3 is 2.63 bits per heavy atom. The Labute approximate surface area is 177 Å². The molecule has 4 nitrogen and oxygen atoms in total. The molecule has 0 amide bonds. The molecule has 2 aromatic heterocycles. The standard InChI is InChI=1S/C22H17BF2N2O2S/c1-15(28)14-29-19-8-4-16(5-9-19)20-10-6-17(26-20)13-18-7-11-21(27(18)23(24)25)22-3-2-12-30-22/h2-13H,14H2,1H3/b17-13-. The molecule has 8 heteroatoms. The molecular formula is C22H17BF2N2O2S. The average Bonchev–Trinajstić information content (AvgIpc) is 3.47. The smallest absolute Gasteiger partial charge is 0.486 e. The number of ether oxygens (including phenoxy) is 1. The molecule has 0 atom stereocenters. The quantitative estimate of drug-likeness (QED) is 0.482. The minimum Gasteiger partial charge on any atom is -0.486 e. The van der Waals surface area contributed by atoms with Crippen LogP contribution in [0.15, 0.2) is 76.8 Å². The maximum atomic E-state index is 13.7. The van der Waals surface area contributed by atoms with E-state index in [1.54, 1.807) is 36.4 Å². The number of aliphatic imine (C=N–C) groups is 1. The van der Waals surface area contributed by atoms with E-state index < -0.39 is 7.40 Å². The highest BCUT2D eigenvalue weighted by Crippen LogP contribution is 2.29. The Morgan fingerprint density at radius 1 is 1.17 bits per heavy atom. The van der Waals surface area contributed by atoms with Crippen molar-refractivity contribution < 1.29 is 18.2 Å². The fraction of sp³-hybridized carbons (Fsp3) is 0.0909. The van der Waals surface area contributed by atoms with Gasteiger partial charge in [-0.05, 0) is 73.0 Å². The molecule has 0 saturated heterocycles. The summed E-state index contributed by atoms with van der Waals surface area (Å²) in [6.07, 6.45) is 5.29. The Kier molecular flexibility index (Phi) is 5.76. The first-order valence-electron chi connectivity index (χ1n) is 9.25. The number of halogens is 2. The van der Waals surface area contributed by atoms with Crippen LogP contribution in [0.1, 0.15) is 18.2 Å². The number of hydrogen-bond acceptors (Lipinski definition) is 4. The SMILES string of the molecule is CC(=O)COc1ccc(C2=N/C(=C\c3ccc(-c4cccs4)n3B(F)F)C=C2)cc1. The molecule has 1 aliphatic heterocycles. The summed E-state index contributed by atoms with van der Waals surface area (Å²) < 4.78 is 33.8. The van der Waals surface area contributed by atoms with Crippen LogP contribution in [0.2, 0.25) is 0 Å². The molecule has 1 aliphatic rings. The van der Waals surface area contributed by atoms with Crippen LogP contribution in [0.3, 0.4) is 0 Å². The van der Waals surface area contributed by atoms with Crippen molar-refractivity contribution in [1.82, 2.24) is 4.48 Å². The Hall–Kier alpha value is -3.26. The molecule has 0 aliphatic carbocycles. The van der Waals surface area contributed by atoms with E-state index in [0.717, 1.165) is 20.6 Å². The lowest BCUT2D eigenvalue weighted by molar-refractivity contribution is -0.118. The van der Waals surface area contributed by atoms with E-state index >= 15 is 0 Å². The third kappa shape index (κ3) is 4.33. The second-order valence-electron chi connectivity index (χ2n) is 6.68. The fourth-order valence-corrected chi connectivity index (χ4v) is 3.85. The van der Waals surface area contributed by atoms with E-state index in [4.69, 9.17) is 4.74 Å². The van der Waals surface area contributed by atoms with Crippen LogP contribution in [0, 0.1) is 0 Å². The summed E-state index contributed by atoms with van der Waals surface area (Å²) in [6.45, 7) is 1.50. The van der Waals surface area contributed by atoms with Crippen LogP contribution in [-0.2, 0) is 4.79 Å². The topological polar surface area (TPSA) is 43.6 Å². The summed E-state index contributed by atoms with van der Waals surface area (Å²) in [4.78, 5) is 16.3. The van der Waals surface area contributed by atoms with E-state index in [9.17, 15) is 13.4 Å². The lowest BCUT2D eigenvalue weighted by Gasteiger charge is -2.07. The summed E-state index contributed by atoms with van der Waals surface area (Å²) in [5.41, 5.74) is 3.08. The van der Waals surface area contributed by atoms with Crippen molar-refractivity contribution in [2.75, 3.05) is 6.61 Å². The average molecular weight is 422 g/mol. The van der Waals surface area contributed by atoms with Crippen LogP contribution in [0.25, 0.3) is 16.6 Å². The van der Waals surface area contributed by atoms with Crippen LogP contribution in [0.4, 0.5) is 8.63 Å². The molecule has 1 aromatic carbocycles. The number of carbonyl (C=O) groups is 1. The molecule has 0 unspecified atom stereocenters. The van der Waals surface area contributed by atoms with Gasteiger partial charge >= 0.3 is 7.40 Å². The van der Waals surface area contributed by atoms with Crippen molar-refractivity contribution in [3.63, 3.8) is 0 Å². The van der Waals surface area contributed by atoms with Gasteiger partial charge in [-0.1, -0.05) is 6.07 Å². The van der Waals surface area contributed by atoms with Gasteiger partial charge in [0.2, 0.25) is 0 Å². The second-order valence-corrected chi connectivity index (χ2v) is 7.63. The zero-order valence-corrected chi connectivity index (χ0v) is 16.9. The van der Waals surface area contributed by atoms with Gasteiger partial charge in [-0.15, -0.1) is 11.3 Å². The molecule has 0 spiro atoms. The summed E-state index contributed by atoms with van der Waals surface area (Å²) in [7, 11) is -2.65. The number of benzene rings is 1. The van der Waals surface area contributed by atoms with E-state index in [-0.39, 0.29) is 12.4 Å². The number of thiophene rings is 1. The van der Waals surface area contributed by atoms with Gasteiger partial charge in [0.15, 0.2) is 5.78 Å². The molecule has 3 aromatic rings. The van der Waals surface area contributed by atoms with Crippen molar-refractivity contribution in [2.24, 2.45) is 4.99 Å². The second kappa shape index (κ2) is 8.63. The van der Waals surface area contributed by atoms with E-state index in [2.05, 4.69) is 4.99 Å². The predicted octanol–water partition coefficient (Wildman–Crippen LogP) is 5.36. The monoisotopic (exact) mass is 422 g/mol. The van der Waals surface area contributed by atoms with Gasteiger partial charge in [0.05, 0.1) is 17.1 Å². The van der Waals surface area contributed by atoms with Crippen LogP contribution in [0.5, 0.6) is 5.75 Å². The number of nitrogens with zero attached hydrogens (tertiary/aromatic N) is 2. The number of ketones is 1. The first-order chi connectivity index (χ1) is 14.5. The normalized spacial score (nSPS) is 14.2. The highest BCUT2D eigenvalue weighted by atomic mass is 32.1. The zero-order valence-electron chi connectivity index (χ0n) is 16.1. The van der Waals surface area contributed by atoms with Crippen molar-refractivity contribution >= 4 is 36.3 Å². The van der Waals surface area contributed by atoms with Gasteiger partial charge in [0, 0.05) is 16.1 Å². The summed E-state index contributed by atoms with van der Waals surface area (Å²) >= 11 is 1.42. The van der Waals surface area contributed by atoms with Crippen LogP contribution in [-0.4, -0.2) is 30.0 Å². The molecule has 150 valence electrons. The highest BCUT2D eigenvalue weighted by molar-refractivity contribution is 7.13. The van der Waals surface area contributed by atoms with Gasteiger partial charge in [0.25, 0.3) is 0 Å². The van der Waals surface area contributed by atoms with Gasteiger partial charge in [-0.3, -0.25) is 13.4 Å². The zero-order chi connectivity index (χ0) is 21.1. The van der Waals surface area contributed by atoms with E-state index in [1.165, 1.54) is 18.3 Å². The van der Waals surface area contributed by atoms with Crippen molar-refractivity contribution in [2.45, 2.75) is 6.92 Å². The van der Waals surface area contributed by atoms with Gasteiger partial charge < -0.3 is 9.21 Å². The molecule has 0 saturated carbocycles. The van der Waals surface area contributed by atoms with Gasteiger partial charge in [-0.2, -0.15) is 0 Å². The molecule has 0 radical (unpaired) electrons. The maximum absolute atomic E-state index is 13.7. The minimum atomic E-state index is -2.65. The lowest BCUT2D eigenvalue weighted by Crippen LogP contribution is -2.15. The first kappa shape index (κ1) is 20.0. The summed E-state index contributed by atoms with van der Waals surface area (Å²) in [5, 5.41) is 1.86. The number of hydrogen-bond donors (Lipinski definition) is 0. The number of carbonyl (C=O) groups excluding carboxylic acids is 1. The minimum absolute atomic E-state index is 0.0321. The third-order valence-corrected chi connectivity index (χ3v) is 5.36. The lowest BCUT2D eigenvalue weighted by atomic mass is 10.1. The van der Waals surface area contributed by atoms with Crippen molar-refractivity contribution in [3.05, 3.63) is 83.0 Å². The van der Waals surface area contributed by atoms with Crippen molar-refractivity contribution in [1.29, 1.82) is 0 Å². The molecular weight excluding hydrogens is 405 g/mol. The summed E-state index contributed by atoms with van der Waals surface area (Å²) in [5.74, 6) is 0.552. The molecule has 0 bridgehead atoms. The molecule has 0 fully saturated rings. The predicted molar refractivity (Wildman–Crippen MR) is 117 cm³/mol. The number of allylic oxidation sites excluding steroid dienone is 2. The van der Waals surface area contributed by atoms with E-state index in [1.807, 2.05) is 35.7 Å². The number of rotatable bonds is 7. The van der Waals surface area contributed by atoms with Crippen LogP contribution < -0.4 is 4.74 Å². The van der Waals surface area contributed by atoms with E-state index in [0.29, 0.717) is 22.8 Å². The van der Waals surface area contributed by atoms with Crippen molar-refractivity contribution in [3.8, 4) is 16.3 Å². The molecule has 4 rings (SSSR count). The fourth-order valence-electron chi connectivity index (χ4n) is 3.10. The Bertz CT molecular complexity index is 1150. The van der Waals surface area contributed by atoms with Gasteiger partial charge in [-0.25, -0.2) is 4.99 Å². The first-order valence-corrected chi connectivity index (χ1v) is 10.1. The molecule has 30 heavy (non-hydrogen) atoms. The maximum Gasteiger partial charge on any atom is 0.678 e. The summed E-state index contributed by atoms with van der Waals surface area (Å²) in [6, 6.07) is 14.3. The van der Waals surface area contributed by atoms with Crippen LogP contribution >= 0.6 is 11.3 Å². The van der Waals surface area contributed by atoms with Gasteiger partial charge in [0.1, 0.15) is 12.4 Å². The highest BCUT2D eigenvalue weighted by Gasteiger charge is 2.24. The number of aromatic nitrogens is 1. The number of Topliss-reactive ketones (excluding diaryl/α,β-unsaturated/α-hetero) is 1. The Morgan fingerprint density at radius 2 is 1.97 bits per heavy atom. The third-order valence-electron chi connectivity index (χ3n) is 4.47. The molecule has 0 N–H and O–H groups in total. The largest absolute Gasteiger partial charge is 0.678 e. The molecule has 3 heterocycles. The Balaban J connectivity index is 1.57.